The first-order valence-corrected chi connectivity index (χ1v) is 12.8. The van der Waals surface area contributed by atoms with E-state index >= 15 is 0 Å². The number of alkyl carbamates (subject to hydrolysis) is 1. The van der Waals surface area contributed by atoms with Crippen LogP contribution < -0.4 is 10.6 Å². The number of carbonyl (C=O) groups is 2. The van der Waals surface area contributed by atoms with Crippen molar-refractivity contribution in [1.82, 2.24) is 20.2 Å². The maximum atomic E-state index is 13.1. The fourth-order valence-corrected chi connectivity index (χ4v) is 4.89. The highest BCUT2D eigenvalue weighted by atomic mass is 32.1. The van der Waals surface area contributed by atoms with Gasteiger partial charge in [0, 0.05) is 35.8 Å². The number of carbonyl (C=O) groups excluding carboxylic acids is 2. The number of likely N-dealkylation sites (tertiary alicyclic amines) is 1. The van der Waals surface area contributed by atoms with Gasteiger partial charge in [-0.3, -0.25) is 4.79 Å². The minimum atomic E-state index is -1.04. The number of aryl methyl sites for hydroxylation is 1. The molecule has 34 heavy (non-hydrogen) atoms. The Kier molecular flexibility index (Phi) is 8.17. The summed E-state index contributed by atoms with van der Waals surface area (Å²) in [5.74, 6) is 0.961. The van der Waals surface area contributed by atoms with Gasteiger partial charge in [0.15, 0.2) is 5.13 Å². The van der Waals surface area contributed by atoms with Gasteiger partial charge >= 0.3 is 6.09 Å². The van der Waals surface area contributed by atoms with E-state index in [1.165, 1.54) is 4.88 Å². The van der Waals surface area contributed by atoms with Crippen LogP contribution in [-0.4, -0.2) is 51.1 Å². The zero-order chi connectivity index (χ0) is 24.9. The second kappa shape index (κ2) is 10.7. The molecule has 2 amide bonds. The van der Waals surface area contributed by atoms with Gasteiger partial charge in [0.2, 0.25) is 5.91 Å². The Labute approximate surface area is 206 Å². The summed E-state index contributed by atoms with van der Waals surface area (Å²) in [5, 5.41) is 6.89. The van der Waals surface area contributed by atoms with Crippen molar-refractivity contribution in [2.45, 2.75) is 84.3 Å². The molecular formula is C25H37N5O3S. The number of nitrogens with one attached hydrogen (secondary N) is 2. The van der Waals surface area contributed by atoms with Crippen LogP contribution in [0, 0.1) is 0 Å². The van der Waals surface area contributed by atoms with Gasteiger partial charge in [-0.25, -0.2) is 14.8 Å². The lowest BCUT2D eigenvalue weighted by atomic mass is 9.91. The smallest absolute Gasteiger partial charge is 0.408 e. The van der Waals surface area contributed by atoms with Gasteiger partial charge < -0.3 is 20.3 Å². The topological polar surface area (TPSA) is 96.5 Å². The molecule has 1 aliphatic rings. The summed E-state index contributed by atoms with van der Waals surface area (Å²) < 4.78 is 5.31. The quantitative estimate of drug-likeness (QED) is 0.554. The number of rotatable bonds is 7. The molecule has 0 radical (unpaired) electrons. The molecule has 0 spiro atoms. The number of anilines is 2. The number of aromatic nitrogens is 2. The number of nitrogens with zero attached hydrogens (tertiary/aromatic N) is 3. The average Bonchev–Trinajstić information content (AvgIpc) is 3.19. The highest BCUT2D eigenvalue weighted by molar-refractivity contribution is 7.15. The van der Waals surface area contributed by atoms with Crippen LogP contribution in [0.1, 0.15) is 77.3 Å². The van der Waals surface area contributed by atoms with Crippen molar-refractivity contribution in [2.75, 3.05) is 18.4 Å². The molecule has 8 nitrogen and oxygen atoms in total. The Morgan fingerprint density at radius 2 is 1.88 bits per heavy atom. The first-order chi connectivity index (χ1) is 16.0. The Bertz CT molecular complexity index is 990. The largest absolute Gasteiger partial charge is 0.444 e. The van der Waals surface area contributed by atoms with Crippen LogP contribution in [0.5, 0.6) is 0 Å². The van der Waals surface area contributed by atoms with Gasteiger partial charge in [-0.15, -0.1) is 11.3 Å². The van der Waals surface area contributed by atoms with Crippen molar-refractivity contribution in [3.8, 4) is 0 Å². The first kappa shape index (κ1) is 25.9. The lowest BCUT2D eigenvalue weighted by Gasteiger charge is -2.37. The van der Waals surface area contributed by atoms with Crippen LogP contribution in [0.25, 0.3) is 0 Å². The van der Waals surface area contributed by atoms with Crippen molar-refractivity contribution in [1.29, 1.82) is 0 Å². The fourth-order valence-electron chi connectivity index (χ4n) is 3.97. The van der Waals surface area contributed by atoms with Crippen LogP contribution in [0.4, 0.5) is 15.7 Å². The molecule has 0 aliphatic carbocycles. The van der Waals surface area contributed by atoms with Gasteiger partial charge in [0.25, 0.3) is 0 Å². The molecule has 3 heterocycles. The van der Waals surface area contributed by atoms with E-state index in [4.69, 9.17) is 9.72 Å². The molecule has 0 aromatic carbocycles. The predicted octanol–water partition coefficient (Wildman–Crippen LogP) is 5.24. The summed E-state index contributed by atoms with van der Waals surface area (Å²) in [6.07, 6.45) is 5.12. The summed E-state index contributed by atoms with van der Waals surface area (Å²) in [6.45, 7) is 12.2. The van der Waals surface area contributed by atoms with Gasteiger partial charge in [-0.05, 0) is 66.0 Å². The number of piperidine rings is 1. The highest BCUT2D eigenvalue weighted by Gasteiger charge is 2.36. The Morgan fingerprint density at radius 1 is 1.18 bits per heavy atom. The lowest BCUT2D eigenvalue weighted by Crippen LogP contribution is -2.57. The van der Waals surface area contributed by atoms with Crippen LogP contribution in [0.3, 0.4) is 0 Å². The van der Waals surface area contributed by atoms with E-state index < -0.39 is 17.2 Å². The van der Waals surface area contributed by atoms with Crippen molar-refractivity contribution >= 4 is 34.3 Å². The summed E-state index contributed by atoms with van der Waals surface area (Å²) >= 11 is 1.66. The zero-order valence-electron chi connectivity index (χ0n) is 21.1. The van der Waals surface area contributed by atoms with Gasteiger partial charge in [0.1, 0.15) is 17.0 Å². The molecule has 0 unspecified atom stereocenters. The second-order valence-electron chi connectivity index (χ2n) is 10.3. The number of hydrogen-bond donors (Lipinski definition) is 2. The molecule has 0 saturated carbocycles. The lowest BCUT2D eigenvalue weighted by molar-refractivity contribution is -0.138. The summed E-state index contributed by atoms with van der Waals surface area (Å²) in [7, 11) is 0. The zero-order valence-corrected chi connectivity index (χ0v) is 21.9. The third kappa shape index (κ3) is 7.16. The Balaban J connectivity index is 1.56. The van der Waals surface area contributed by atoms with Gasteiger partial charge in [-0.1, -0.05) is 19.4 Å². The molecule has 2 N–H and O–H groups in total. The van der Waals surface area contributed by atoms with E-state index in [1.807, 2.05) is 29.3 Å². The SMILES string of the molecule is CCCc1cnc(Nc2cccc(C3CCN(C(=O)C(C)(C)NC(=O)OC(C)(C)C)CC3)n2)s1. The van der Waals surface area contributed by atoms with Crippen LogP contribution in [0.15, 0.2) is 24.4 Å². The number of hydrogen-bond acceptors (Lipinski definition) is 7. The molecule has 186 valence electrons. The van der Waals surface area contributed by atoms with Gasteiger partial charge in [-0.2, -0.15) is 0 Å². The number of amides is 2. The molecule has 1 aliphatic heterocycles. The van der Waals surface area contributed by atoms with E-state index in [2.05, 4.69) is 22.5 Å². The molecule has 2 aromatic rings. The van der Waals surface area contributed by atoms with Crippen LogP contribution in [-0.2, 0) is 16.0 Å². The third-order valence-electron chi connectivity index (χ3n) is 5.60. The first-order valence-electron chi connectivity index (χ1n) is 12.0. The summed E-state index contributed by atoms with van der Waals surface area (Å²) in [6, 6.07) is 6.01. The van der Waals surface area contributed by atoms with E-state index in [0.717, 1.165) is 42.3 Å². The minimum absolute atomic E-state index is 0.105. The summed E-state index contributed by atoms with van der Waals surface area (Å²) in [4.78, 5) is 37.6. The van der Waals surface area contributed by atoms with E-state index in [1.54, 1.807) is 46.0 Å². The van der Waals surface area contributed by atoms with E-state index in [-0.39, 0.29) is 11.8 Å². The molecule has 1 fully saturated rings. The maximum absolute atomic E-state index is 13.1. The highest BCUT2D eigenvalue weighted by Crippen LogP contribution is 2.30. The second-order valence-corrected chi connectivity index (χ2v) is 11.4. The molecular weight excluding hydrogens is 450 g/mol. The van der Waals surface area contributed by atoms with Crippen molar-refractivity contribution in [3.05, 3.63) is 35.0 Å². The standard InChI is InChI=1S/C25H37N5O3S/c1-7-9-18-16-26-22(34-18)28-20-11-8-10-19(27-20)17-12-14-30(15-13-17)21(31)25(5,6)29-23(32)33-24(2,3)4/h8,10-11,16-17H,7,9,12-15H2,1-6H3,(H,29,32)(H,26,27,28). The monoisotopic (exact) mass is 487 g/mol. The molecule has 1 saturated heterocycles. The normalized spacial score (nSPS) is 15.2. The molecule has 9 heteroatoms. The van der Waals surface area contributed by atoms with Crippen LogP contribution in [0.2, 0.25) is 0 Å². The van der Waals surface area contributed by atoms with Crippen molar-refractivity contribution < 1.29 is 14.3 Å². The molecule has 2 aromatic heterocycles. The third-order valence-corrected chi connectivity index (χ3v) is 6.58. The average molecular weight is 488 g/mol. The molecule has 0 bridgehead atoms. The molecule has 3 rings (SSSR count). The molecule has 0 atom stereocenters. The fraction of sp³-hybridized carbons (Fsp3) is 0.600. The van der Waals surface area contributed by atoms with E-state index in [0.29, 0.717) is 13.1 Å². The maximum Gasteiger partial charge on any atom is 0.408 e. The van der Waals surface area contributed by atoms with Gasteiger partial charge in [0.05, 0.1) is 0 Å². The Morgan fingerprint density at radius 3 is 2.53 bits per heavy atom. The van der Waals surface area contributed by atoms with Crippen molar-refractivity contribution in [2.24, 2.45) is 0 Å². The number of pyridine rings is 1. The predicted molar refractivity (Wildman–Crippen MR) is 136 cm³/mol. The summed E-state index contributed by atoms with van der Waals surface area (Å²) in [5.41, 5.74) is -0.634. The number of ether oxygens (including phenoxy) is 1. The van der Waals surface area contributed by atoms with E-state index in [9.17, 15) is 9.59 Å². The van der Waals surface area contributed by atoms with Crippen molar-refractivity contribution in [3.63, 3.8) is 0 Å². The minimum Gasteiger partial charge on any atom is -0.444 e. The number of thiazole rings is 1. The van der Waals surface area contributed by atoms with Crippen LogP contribution >= 0.6 is 11.3 Å². The Hall–Kier alpha value is -2.68.